The minimum Gasteiger partial charge on any atom is -0.368 e. The van der Waals surface area contributed by atoms with Gasteiger partial charge in [-0.25, -0.2) is 8.78 Å². The van der Waals surface area contributed by atoms with Crippen LogP contribution in [-0.2, 0) is 0 Å². The summed E-state index contributed by atoms with van der Waals surface area (Å²) in [7, 11) is 0. The highest BCUT2D eigenvalue weighted by Crippen LogP contribution is 2.26. The molecule has 1 heterocycles. The van der Waals surface area contributed by atoms with E-state index in [0.29, 0.717) is 16.8 Å². The zero-order valence-corrected chi connectivity index (χ0v) is 7.92. The molecule has 0 aliphatic carbocycles. The number of nitrogen functional groups attached to an aromatic ring is 1. The lowest BCUT2D eigenvalue weighted by atomic mass is 10.1. The van der Waals surface area contributed by atoms with Crippen molar-refractivity contribution in [3.05, 3.63) is 35.4 Å². The summed E-state index contributed by atoms with van der Waals surface area (Å²) in [6.45, 7) is 1.54. The molecule has 0 aliphatic heterocycles. The molecule has 2 rings (SSSR count). The van der Waals surface area contributed by atoms with Crippen molar-refractivity contribution in [2.75, 3.05) is 5.73 Å². The predicted octanol–water partition coefficient (Wildman–Crippen LogP) is 2.51. The molecule has 0 radical (unpaired) electrons. The largest absolute Gasteiger partial charge is 0.368 e. The molecule has 78 valence electrons. The van der Waals surface area contributed by atoms with Gasteiger partial charge in [0, 0.05) is 17.7 Å². The first-order valence-corrected chi connectivity index (χ1v) is 4.26. The van der Waals surface area contributed by atoms with Gasteiger partial charge in [-0.05, 0) is 18.6 Å². The summed E-state index contributed by atoms with van der Waals surface area (Å²) in [4.78, 5) is 0. The Morgan fingerprint density at radius 1 is 1.27 bits per heavy atom. The van der Waals surface area contributed by atoms with Gasteiger partial charge in [0.05, 0.1) is 0 Å². The number of aromatic nitrogens is 1. The molecule has 15 heavy (non-hydrogen) atoms. The quantitative estimate of drug-likeness (QED) is 0.786. The standard InChI is InChI=1S/C10H8F2N2O/c1-5-7(2-6(11)3-8(5)12)9-4-10(13)15-14-9/h2-4H,13H2,1H3. The Labute approximate surface area is 84.5 Å². The number of anilines is 1. The van der Waals surface area contributed by atoms with Gasteiger partial charge >= 0.3 is 0 Å². The van der Waals surface area contributed by atoms with E-state index in [-0.39, 0.29) is 5.88 Å². The second-order valence-electron chi connectivity index (χ2n) is 3.17. The molecule has 5 heteroatoms. The Bertz CT molecular complexity index is 508. The van der Waals surface area contributed by atoms with Crippen molar-refractivity contribution in [2.24, 2.45) is 0 Å². The van der Waals surface area contributed by atoms with E-state index in [1.54, 1.807) is 0 Å². The third-order valence-electron chi connectivity index (χ3n) is 2.11. The first-order valence-electron chi connectivity index (χ1n) is 4.26. The van der Waals surface area contributed by atoms with Gasteiger partial charge in [0.15, 0.2) is 0 Å². The summed E-state index contributed by atoms with van der Waals surface area (Å²) < 4.78 is 30.8. The molecule has 0 aliphatic rings. The van der Waals surface area contributed by atoms with E-state index in [1.807, 2.05) is 0 Å². The van der Waals surface area contributed by atoms with Crippen LogP contribution in [-0.4, -0.2) is 5.16 Å². The first-order chi connectivity index (χ1) is 7.08. The van der Waals surface area contributed by atoms with Crippen LogP contribution < -0.4 is 5.73 Å². The number of hydrogen-bond acceptors (Lipinski definition) is 3. The molecule has 1 aromatic heterocycles. The van der Waals surface area contributed by atoms with Crippen LogP contribution in [0.4, 0.5) is 14.7 Å². The Hall–Kier alpha value is -1.91. The monoisotopic (exact) mass is 210 g/mol. The van der Waals surface area contributed by atoms with Gasteiger partial charge in [0.2, 0.25) is 5.88 Å². The maximum absolute atomic E-state index is 13.2. The van der Waals surface area contributed by atoms with Gasteiger partial charge in [0.1, 0.15) is 17.3 Å². The summed E-state index contributed by atoms with van der Waals surface area (Å²) in [6, 6.07) is 3.43. The highest BCUT2D eigenvalue weighted by molar-refractivity contribution is 5.65. The van der Waals surface area contributed by atoms with E-state index in [9.17, 15) is 8.78 Å². The third kappa shape index (κ3) is 1.68. The summed E-state index contributed by atoms with van der Waals surface area (Å²) in [5.41, 5.74) is 6.30. The van der Waals surface area contributed by atoms with Crippen LogP contribution in [0.1, 0.15) is 5.56 Å². The fourth-order valence-electron chi connectivity index (χ4n) is 1.33. The number of nitrogens with zero attached hydrogens (tertiary/aromatic N) is 1. The fourth-order valence-corrected chi connectivity index (χ4v) is 1.33. The maximum Gasteiger partial charge on any atom is 0.222 e. The van der Waals surface area contributed by atoms with E-state index in [0.717, 1.165) is 6.07 Å². The molecule has 0 spiro atoms. The number of rotatable bonds is 1. The molecule has 0 atom stereocenters. The number of benzene rings is 1. The van der Waals surface area contributed by atoms with Crippen molar-refractivity contribution < 1.29 is 13.3 Å². The smallest absolute Gasteiger partial charge is 0.222 e. The fraction of sp³-hybridized carbons (Fsp3) is 0.100. The van der Waals surface area contributed by atoms with Crippen LogP contribution in [0.25, 0.3) is 11.3 Å². The highest BCUT2D eigenvalue weighted by Gasteiger charge is 2.12. The molecular weight excluding hydrogens is 202 g/mol. The Morgan fingerprint density at radius 3 is 2.60 bits per heavy atom. The second kappa shape index (κ2) is 3.34. The molecule has 0 saturated heterocycles. The zero-order valence-electron chi connectivity index (χ0n) is 7.92. The van der Waals surface area contributed by atoms with E-state index in [4.69, 9.17) is 5.73 Å². The van der Waals surface area contributed by atoms with E-state index >= 15 is 0 Å². The normalized spacial score (nSPS) is 10.6. The second-order valence-corrected chi connectivity index (χ2v) is 3.17. The molecule has 0 unspecified atom stereocenters. The van der Waals surface area contributed by atoms with Crippen LogP contribution in [0.3, 0.4) is 0 Å². The molecule has 0 bridgehead atoms. The van der Waals surface area contributed by atoms with Crippen molar-refractivity contribution >= 4 is 5.88 Å². The van der Waals surface area contributed by atoms with Crippen LogP contribution in [0, 0.1) is 18.6 Å². The van der Waals surface area contributed by atoms with Crippen LogP contribution in [0.2, 0.25) is 0 Å². The van der Waals surface area contributed by atoms with Gasteiger partial charge < -0.3 is 10.3 Å². The lowest BCUT2D eigenvalue weighted by Gasteiger charge is -2.02. The summed E-state index contributed by atoms with van der Waals surface area (Å²) in [5.74, 6) is -1.17. The van der Waals surface area contributed by atoms with Crippen molar-refractivity contribution in [3.8, 4) is 11.3 Å². The molecule has 0 saturated carbocycles. The molecule has 0 fully saturated rings. The van der Waals surface area contributed by atoms with E-state index < -0.39 is 11.6 Å². The van der Waals surface area contributed by atoms with E-state index in [2.05, 4.69) is 9.68 Å². The van der Waals surface area contributed by atoms with Crippen molar-refractivity contribution in [1.82, 2.24) is 5.16 Å². The minimum atomic E-state index is -0.658. The Balaban J connectivity index is 2.62. The molecule has 1 aromatic carbocycles. The topological polar surface area (TPSA) is 52.0 Å². The predicted molar refractivity (Wildman–Crippen MR) is 51.0 cm³/mol. The van der Waals surface area contributed by atoms with Gasteiger partial charge in [-0.15, -0.1) is 0 Å². The zero-order chi connectivity index (χ0) is 11.0. The average molecular weight is 210 g/mol. The van der Waals surface area contributed by atoms with Crippen molar-refractivity contribution in [1.29, 1.82) is 0 Å². The maximum atomic E-state index is 13.2. The third-order valence-corrected chi connectivity index (χ3v) is 2.11. The Kier molecular flexibility index (Phi) is 2.15. The van der Waals surface area contributed by atoms with Gasteiger partial charge in [-0.3, -0.25) is 0 Å². The summed E-state index contributed by atoms with van der Waals surface area (Å²) >= 11 is 0. The number of halogens is 2. The average Bonchev–Trinajstić information content (AvgIpc) is 2.58. The summed E-state index contributed by atoms with van der Waals surface area (Å²) in [5, 5.41) is 3.60. The van der Waals surface area contributed by atoms with Gasteiger partial charge in [0.25, 0.3) is 0 Å². The summed E-state index contributed by atoms with van der Waals surface area (Å²) in [6.07, 6.45) is 0. The van der Waals surface area contributed by atoms with E-state index in [1.165, 1.54) is 19.1 Å². The van der Waals surface area contributed by atoms with Crippen LogP contribution in [0.5, 0.6) is 0 Å². The van der Waals surface area contributed by atoms with Crippen LogP contribution >= 0.6 is 0 Å². The van der Waals surface area contributed by atoms with Crippen molar-refractivity contribution in [2.45, 2.75) is 6.92 Å². The lowest BCUT2D eigenvalue weighted by molar-refractivity contribution is 0.439. The van der Waals surface area contributed by atoms with Gasteiger partial charge in [-0.1, -0.05) is 5.16 Å². The molecule has 2 aromatic rings. The van der Waals surface area contributed by atoms with Crippen molar-refractivity contribution in [3.63, 3.8) is 0 Å². The minimum absolute atomic E-state index is 0.106. The van der Waals surface area contributed by atoms with Gasteiger partial charge in [-0.2, -0.15) is 0 Å². The highest BCUT2D eigenvalue weighted by atomic mass is 19.1. The van der Waals surface area contributed by atoms with Crippen LogP contribution in [0.15, 0.2) is 22.7 Å². The molecular formula is C10H8F2N2O. The number of hydrogen-bond donors (Lipinski definition) is 1. The number of nitrogens with two attached hydrogens (primary N) is 1. The first kappa shape index (κ1) is 9.64. The SMILES string of the molecule is Cc1c(F)cc(F)cc1-c1cc(N)on1. The lowest BCUT2D eigenvalue weighted by Crippen LogP contribution is -1.90. The molecule has 2 N–H and O–H groups in total. The Morgan fingerprint density at radius 2 is 2.00 bits per heavy atom. The molecule has 3 nitrogen and oxygen atoms in total. The molecule has 0 amide bonds.